The van der Waals surface area contributed by atoms with Crippen LogP contribution >= 0.6 is 11.3 Å². The van der Waals surface area contributed by atoms with E-state index in [1.807, 2.05) is 17.8 Å². The molecule has 2 rings (SSSR count). The van der Waals surface area contributed by atoms with Crippen molar-refractivity contribution >= 4 is 11.3 Å². The number of thiazole rings is 1. The highest BCUT2D eigenvalue weighted by Gasteiger charge is 2.06. The summed E-state index contributed by atoms with van der Waals surface area (Å²) in [4.78, 5) is 11.5. The monoisotopic (exact) mass is 208 g/mol. The van der Waals surface area contributed by atoms with Crippen molar-refractivity contribution in [3.8, 4) is 0 Å². The Morgan fingerprint density at radius 1 is 1.50 bits per heavy atom. The first-order valence-corrected chi connectivity index (χ1v) is 5.35. The topological polar surface area (TPSA) is 53.6 Å². The van der Waals surface area contributed by atoms with Crippen molar-refractivity contribution in [1.82, 2.24) is 20.3 Å². The largest absolute Gasteiger partial charge is 0.347 e. The molecule has 2 heterocycles. The number of rotatable bonds is 4. The van der Waals surface area contributed by atoms with Crippen LogP contribution in [-0.2, 0) is 6.54 Å². The van der Waals surface area contributed by atoms with Gasteiger partial charge < -0.3 is 10.3 Å². The lowest BCUT2D eigenvalue weighted by molar-refractivity contribution is 0.549. The second-order valence-corrected chi connectivity index (χ2v) is 3.98. The van der Waals surface area contributed by atoms with Crippen LogP contribution in [0.4, 0.5) is 0 Å². The molecular weight excluding hydrogens is 196 g/mol. The fourth-order valence-corrected chi connectivity index (χ4v) is 1.76. The summed E-state index contributed by atoms with van der Waals surface area (Å²) in [5, 5.41) is 6.42. The first-order valence-electron chi connectivity index (χ1n) is 4.47. The summed E-state index contributed by atoms with van der Waals surface area (Å²) in [5.74, 6) is 0.960. The normalized spacial score (nSPS) is 12.9. The fraction of sp³-hybridized carbons (Fsp3) is 0.333. The third-order valence-electron chi connectivity index (χ3n) is 1.97. The summed E-state index contributed by atoms with van der Waals surface area (Å²) < 4.78 is 0. The summed E-state index contributed by atoms with van der Waals surface area (Å²) in [5.41, 5.74) is 0. The Bertz CT molecular complexity index is 354. The number of aromatic nitrogens is 3. The fourth-order valence-electron chi connectivity index (χ4n) is 1.19. The lowest BCUT2D eigenvalue weighted by Crippen LogP contribution is -2.18. The third-order valence-corrected chi connectivity index (χ3v) is 2.75. The van der Waals surface area contributed by atoms with Crippen LogP contribution in [0.5, 0.6) is 0 Å². The van der Waals surface area contributed by atoms with Crippen molar-refractivity contribution in [2.24, 2.45) is 0 Å². The minimum Gasteiger partial charge on any atom is -0.347 e. The van der Waals surface area contributed by atoms with Crippen LogP contribution in [0, 0.1) is 0 Å². The Labute approximate surface area is 86.4 Å². The van der Waals surface area contributed by atoms with Gasteiger partial charge in [0.25, 0.3) is 0 Å². The summed E-state index contributed by atoms with van der Waals surface area (Å²) in [6.07, 6.45) is 5.41. The van der Waals surface area contributed by atoms with Crippen LogP contribution in [0.15, 0.2) is 24.0 Å². The predicted octanol–water partition coefficient (Wildman–Crippen LogP) is 1.72. The molecule has 2 N–H and O–H groups in total. The van der Waals surface area contributed by atoms with E-state index in [4.69, 9.17) is 0 Å². The van der Waals surface area contributed by atoms with Gasteiger partial charge in [-0.3, -0.25) is 0 Å². The molecule has 0 saturated heterocycles. The van der Waals surface area contributed by atoms with Crippen LogP contribution in [0.25, 0.3) is 0 Å². The van der Waals surface area contributed by atoms with Crippen LogP contribution in [0.2, 0.25) is 0 Å². The molecule has 0 radical (unpaired) electrons. The van der Waals surface area contributed by atoms with Gasteiger partial charge in [-0.1, -0.05) is 0 Å². The minimum atomic E-state index is 0.230. The van der Waals surface area contributed by atoms with Gasteiger partial charge in [0, 0.05) is 30.5 Å². The summed E-state index contributed by atoms with van der Waals surface area (Å²) in [6.45, 7) is 2.87. The number of hydrogen-bond acceptors (Lipinski definition) is 4. The standard InChI is InChI=1S/C9H12N4S/c1-7(9-11-2-3-12-9)13-6-8-10-4-5-14-8/h2-5,7,13H,6H2,1H3,(H,11,12). The molecule has 74 valence electrons. The highest BCUT2D eigenvalue weighted by Crippen LogP contribution is 2.08. The Morgan fingerprint density at radius 3 is 3.07 bits per heavy atom. The number of hydrogen-bond donors (Lipinski definition) is 2. The molecule has 0 aliphatic carbocycles. The van der Waals surface area contributed by atoms with E-state index in [-0.39, 0.29) is 6.04 Å². The molecule has 4 nitrogen and oxygen atoms in total. The van der Waals surface area contributed by atoms with Gasteiger partial charge in [0.2, 0.25) is 0 Å². The van der Waals surface area contributed by atoms with Gasteiger partial charge >= 0.3 is 0 Å². The molecule has 0 aliphatic rings. The van der Waals surface area contributed by atoms with Gasteiger partial charge in [-0.05, 0) is 6.92 Å². The summed E-state index contributed by atoms with van der Waals surface area (Å²) in [6, 6.07) is 0.230. The lowest BCUT2D eigenvalue weighted by atomic mass is 10.3. The van der Waals surface area contributed by atoms with Crippen LogP contribution in [-0.4, -0.2) is 15.0 Å². The van der Waals surface area contributed by atoms with Crippen LogP contribution < -0.4 is 5.32 Å². The number of nitrogens with zero attached hydrogens (tertiary/aromatic N) is 2. The van der Waals surface area contributed by atoms with Gasteiger partial charge in [-0.25, -0.2) is 9.97 Å². The number of H-pyrrole nitrogens is 1. The maximum absolute atomic E-state index is 4.19. The van der Waals surface area contributed by atoms with Crippen molar-refractivity contribution in [2.45, 2.75) is 19.5 Å². The van der Waals surface area contributed by atoms with Crippen molar-refractivity contribution in [1.29, 1.82) is 0 Å². The van der Waals surface area contributed by atoms with Gasteiger partial charge in [-0.15, -0.1) is 11.3 Å². The first-order chi connectivity index (χ1) is 6.86. The average molecular weight is 208 g/mol. The zero-order chi connectivity index (χ0) is 9.80. The second kappa shape index (κ2) is 4.34. The Kier molecular flexibility index (Phi) is 2.90. The molecule has 0 aromatic carbocycles. The van der Waals surface area contributed by atoms with Crippen molar-refractivity contribution in [3.63, 3.8) is 0 Å². The van der Waals surface area contributed by atoms with E-state index < -0.39 is 0 Å². The molecule has 14 heavy (non-hydrogen) atoms. The first kappa shape index (κ1) is 9.36. The molecule has 0 spiro atoms. The Balaban J connectivity index is 1.87. The predicted molar refractivity (Wildman–Crippen MR) is 56.0 cm³/mol. The van der Waals surface area contributed by atoms with E-state index in [0.717, 1.165) is 17.4 Å². The van der Waals surface area contributed by atoms with Crippen molar-refractivity contribution in [2.75, 3.05) is 0 Å². The molecule has 2 aromatic heterocycles. The lowest BCUT2D eigenvalue weighted by Gasteiger charge is -2.09. The number of nitrogens with one attached hydrogen (secondary N) is 2. The molecule has 2 aromatic rings. The minimum absolute atomic E-state index is 0.230. The second-order valence-electron chi connectivity index (χ2n) is 3.00. The maximum atomic E-state index is 4.19. The average Bonchev–Trinajstić information content (AvgIpc) is 2.87. The number of aromatic amines is 1. The van der Waals surface area contributed by atoms with E-state index in [2.05, 4.69) is 27.2 Å². The van der Waals surface area contributed by atoms with Crippen LogP contribution in [0.3, 0.4) is 0 Å². The summed E-state index contributed by atoms with van der Waals surface area (Å²) in [7, 11) is 0. The molecule has 0 fully saturated rings. The molecule has 0 saturated carbocycles. The van der Waals surface area contributed by atoms with Gasteiger partial charge in [0.05, 0.1) is 6.04 Å². The summed E-state index contributed by atoms with van der Waals surface area (Å²) >= 11 is 1.66. The molecule has 0 bridgehead atoms. The molecular formula is C9H12N4S. The Hall–Kier alpha value is -1.20. The smallest absolute Gasteiger partial charge is 0.122 e. The van der Waals surface area contributed by atoms with Gasteiger partial charge in [-0.2, -0.15) is 0 Å². The quantitative estimate of drug-likeness (QED) is 0.804. The SMILES string of the molecule is CC(NCc1nccs1)c1ncc[nH]1. The highest BCUT2D eigenvalue weighted by molar-refractivity contribution is 7.09. The molecule has 1 unspecified atom stereocenters. The zero-order valence-electron chi connectivity index (χ0n) is 7.90. The van der Waals surface area contributed by atoms with Gasteiger partial charge in [0.15, 0.2) is 0 Å². The molecule has 0 amide bonds. The van der Waals surface area contributed by atoms with E-state index in [0.29, 0.717) is 0 Å². The molecule has 5 heteroatoms. The van der Waals surface area contributed by atoms with Gasteiger partial charge in [0.1, 0.15) is 10.8 Å². The van der Waals surface area contributed by atoms with E-state index in [1.165, 1.54) is 0 Å². The Morgan fingerprint density at radius 2 is 2.43 bits per heavy atom. The van der Waals surface area contributed by atoms with E-state index in [1.54, 1.807) is 17.5 Å². The molecule has 1 atom stereocenters. The zero-order valence-corrected chi connectivity index (χ0v) is 8.71. The highest BCUT2D eigenvalue weighted by atomic mass is 32.1. The van der Waals surface area contributed by atoms with E-state index in [9.17, 15) is 0 Å². The van der Waals surface area contributed by atoms with Crippen molar-refractivity contribution < 1.29 is 0 Å². The maximum Gasteiger partial charge on any atom is 0.122 e. The third kappa shape index (κ3) is 2.18. The van der Waals surface area contributed by atoms with Crippen LogP contribution in [0.1, 0.15) is 23.8 Å². The molecule has 0 aliphatic heterocycles. The van der Waals surface area contributed by atoms with E-state index >= 15 is 0 Å². The van der Waals surface area contributed by atoms with Crippen molar-refractivity contribution in [3.05, 3.63) is 34.8 Å². The number of imidazole rings is 1.